The second-order valence-corrected chi connectivity index (χ2v) is 5.46. The van der Waals surface area contributed by atoms with Crippen LogP contribution in [0.5, 0.6) is 0 Å². The minimum atomic E-state index is 0.604. The van der Waals surface area contributed by atoms with Crippen molar-refractivity contribution in [2.24, 2.45) is 5.92 Å². The van der Waals surface area contributed by atoms with Gasteiger partial charge in [0.25, 0.3) is 0 Å². The number of anilines is 2. The molecule has 0 radical (unpaired) electrons. The second-order valence-electron chi connectivity index (χ2n) is 5.02. The van der Waals surface area contributed by atoms with Crippen molar-refractivity contribution in [1.82, 2.24) is 0 Å². The van der Waals surface area contributed by atoms with E-state index in [4.69, 9.17) is 16.3 Å². The number of benzene rings is 1. The molecule has 0 saturated carbocycles. The van der Waals surface area contributed by atoms with Crippen molar-refractivity contribution >= 4 is 23.0 Å². The van der Waals surface area contributed by atoms with Crippen molar-refractivity contribution in [2.75, 3.05) is 44.1 Å². The molecule has 1 aromatic rings. The average Bonchev–Trinajstić information content (AvgIpc) is 2.37. The van der Waals surface area contributed by atoms with Crippen LogP contribution in [-0.2, 0) is 4.74 Å². The Morgan fingerprint density at radius 2 is 2.28 bits per heavy atom. The first-order valence-corrected chi connectivity index (χ1v) is 6.83. The van der Waals surface area contributed by atoms with E-state index >= 15 is 0 Å². The summed E-state index contributed by atoms with van der Waals surface area (Å²) in [6.07, 6.45) is 2.41. The minimum absolute atomic E-state index is 0.604. The molecule has 3 nitrogen and oxygen atoms in total. The first-order chi connectivity index (χ1) is 8.66. The lowest BCUT2D eigenvalue weighted by Crippen LogP contribution is -2.25. The Kier molecular flexibility index (Phi) is 4.72. The lowest BCUT2D eigenvalue weighted by atomic mass is 10.0. The molecular weight excluding hydrogens is 248 g/mol. The normalized spacial score (nSPS) is 19.6. The van der Waals surface area contributed by atoms with Crippen LogP contribution >= 0.6 is 11.6 Å². The largest absolute Gasteiger partial charge is 0.383 e. The van der Waals surface area contributed by atoms with Crippen LogP contribution in [0.3, 0.4) is 0 Å². The number of halogens is 1. The molecule has 1 N–H and O–H groups in total. The smallest absolute Gasteiger partial charge is 0.0597 e. The van der Waals surface area contributed by atoms with Crippen LogP contribution in [0.15, 0.2) is 18.2 Å². The van der Waals surface area contributed by atoms with E-state index in [9.17, 15) is 0 Å². The van der Waals surface area contributed by atoms with Crippen LogP contribution in [0.4, 0.5) is 11.4 Å². The van der Waals surface area contributed by atoms with Gasteiger partial charge in [-0.1, -0.05) is 11.6 Å². The average molecular weight is 269 g/mol. The third kappa shape index (κ3) is 3.53. The monoisotopic (exact) mass is 268 g/mol. The standard InChI is InChI=1S/C14H21ClN2O/c1-17(2)14-6-5-12(15)8-13(14)16-9-11-4-3-7-18-10-11/h5-6,8,11,16H,3-4,7,9-10H2,1-2H3. The summed E-state index contributed by atoms with van der Waals surface area (Å²) < 4.78 is 5.50. The minimum Gasteiger partial charge on any atom is -0.383 e. The molecule has 2 rings (SSSR count). The van der Waals surface area contributed by atoms with E-state index in [0.717, 1.165) is 36.2 Å². The molecule has 1 aliphatic rings. The maximum atomic E-state index is 6.06. The number of hydrogen-bond donors (Lipinski definition) is 1. The molecule has 1 fully saturated rings. The van der Waals surface area contributed by atoms with E-state index in [0.29, 0.717) is 5.92 Å². The van der Waals surface area contributed by atoms with Crippen molar-refractivity contribution in [2.45, 2.75) is 12.8 Å². The number of hydrogen-bond acceptors (Lipinski definition) is 3. The summed E-state index contributed by atoms with van der Waals surface area (Å²) in [5, 5.41) is 4.27. The predicted molar refractivity (Wildman–Crippen MR) is 77.8 cm³/mol. The zero-order valence-corrected chi connectivity index (χ0v) is 11.8. The number of nitrogens with zero attached hydrogens (tertiary/aromatic N) is 1. The highest BCUT2D eigenvalue weighted by Gasteiger charge is 2.14. The maximum absolute atomic E-state index is 6.06. The van der Waals surface area contributed by atoms with Crippen molar-refractivity contribution in [3.05, 3.63) is 23.2 Å². The van der Waals surface area contributed by atoms with E-state index in [1.807, 2.05) is 32.3 Å². The Morgan fingerprint density at radius 3 is 2.94 bits per heavy atom. The van der Waals surface area contributed by atoms with Crippen molar-refractivity contribution in [3.63, 3.8) is 0 Å². The Balaban J connectivity index is 2.00. The van der Waals surface area contributed by atoms with Gasteiger partial charge in [0, 0.05) is 32.3 Å². The Hall–Kier alpha value is -0.930. The summed E-state index contributed by atoms with van der Waals surface area (Å²) in [7, 11) is 4.08. The quantitative estimate of drug-likeness (QED) is 0.907. The SMILES string of the molecule is CN(C)c1ccc(Cl)cc1NCC1CCCOC1. The van der Waals surface area contributed by atoms with Crippen molar-refractivity contribution in [3.8, 4) is 0 Å². The van der Waals surface area contributed by atoms with Gasteiger partial charge in [0.2, 0.25) is 0 Å². The Labute approximate surface area is 114 Å². The molecule has 4 heteroatoms. The molecule has 1 unspecified atom stereocenters. The first-order valence-electron chi connectivity index (χ1n) is 6.45. The lowest BCUT2D eigenvalue weighted by Gasteiger charge is -2.24. The van der Waals surface area contributed by atoms with Gasteiger partial charge in [-0.05, 0) is 37.0 Å². The molecule has 0 aromatic heterocycles. The third-order valence-corrected chi connectivity index (χ3v) is 3.51. The highest BCUT2D eigenvalue weighted by atomic mass is 35.5. The molecule has 1 saturated heterocycles. The molecule has 0 amide bonds. The van der Waals surface area contributed by atoms with E-state index in [1.54, 1.807) is 0 Å². The van der Waals surface area contributed by atoms with Crippen molar-refractivity contribution < 1.29 is 4.74 Å². The van der Waals surface area contributed by atoms with Gasteiger partial charge < -0.3 is 15.0 Å². The molecule has 0 spiro atoms. The topological polar surface area (TPSA) is 24.5 Å². The predicted octanol–water partition coefficient (Wildman–Crippen LogP) is 3.24. The lowest BCUT2D eigenvalue weighted by molar-refractivity contribution is 0.0595. The van der Waals surface area contributed by atoms with Gasteiger partial charge in [0.15, 0.2) is 0 Å². The van der Waals surface area contributed by atoms with E-state index in [2.05, 4.69) is 10.2 Å². The van der Waals surface area contributed by atoms with Crippen molar-refractivity contribution in [1.29, 1.82) is 0 Å². The second kappa shape index (κ2) is 6.30. The summed E-state index contributed by atoms with van der Waals surface area (Å²) in [6, 6.07) is 5.95. The molecule has 18 heavy (non-hydrogen) atoms. The van der Waals surface area contributed by atoms with Gasteiger partial charge in [-0.25, -0.2) is 0 Å². The van der Waals surface area contributed by atoms with Gasteiger partial charge in [0.1, 0.15) is 0 Å². The van der Waals surface area contributed by atoms with Gasteiger partial charge >= 0.3 is 0 Å². The van der Waals surface area contributed by atoms with Gasteiger partial charge in [-0.3, -0.25) is 0 Å². The highest BCUT2D eigenvalue weighted by Crippen LogP contribution is 2.28. The van der Waals surface area contributed by atoms with Crippen LogP contribution < -0.4 is 10.2 Å². The summed E-state index contributed by atoms with van der Waals surface area (Å²) in [6.45, 7) is 2.72. The van der Waals surface area contributed by atoms with E-state index in [1.165, 1.54) is 12.8 Å². The van der Waals surface area contributed by atoms with Crippen LogP contribution in [-0.4, -0.2) is 33.9 Å². The van der Waals surface area contributed by atoms with Crippen LogP contribution in [0.2, 0.25) is 5.02 Å². The summed E-state index contributed by atoms with van der Waals surface area (Å²) in [5.41, 5.74) is 2.26. The van der Waals surface area contributed by atoms with Gasteiger partial charge in [0.05, 0.1) is 18.0 Å². The molecule has 1 aliphatic heterocycles. The third-order valence-electron chi connectivity index (χ3n) is 3.28. The van der Waals surface area contributed by atoms with Crippen LogP contribution in [0, 0.1) is 5.92 Å². The van der Waals surface area contributed by atoms with Crippen LogP contribution in [0.1, 0.15) is 12.8 Å². The maximum Gasteiger partial charge on any atom is 0.0597 e. The van der Waals surface area contributed by atoms with E-state index in [-0.39, 0.29) is 0 Å². The molecule has 1 atom stereocenters. The zero-order valence-electron chi connectivity index (χ0n) is 11.1. The summed E-state index contributed by atoms with van der Waals surface area (Å²) in [5.74, 6) is 0.604. The van der Waals surface area contributed by atoms with Gasteiger partial charge in [-0.15, -0.1) is 0 Å². The highest BCUT2D eigenvalue weighted by molar-refractivity contribution is 6.31. The number of rotatable bonds is 4. The number of ether oxygens (including phenoxy) is 1. The Morgan fingerprint density at radius 1 is 1.44 bits per heavy atom. The Bertz CT molecular complexity index is 389. The fourth-order valence-electron chi connectivity index (χ4n) is 2.26. The molecule has 1 aromatic carbocycles. The zero-order chi connectivity index (χ0) is 13.0. The van der Waals surface area contributed by atoms with E-state index < -0.39 is 0 Å². The molecule has 0 bridgehead atoms. The molecule has 100 valence electrons. The summed E-state index contributed by atoms with van der Waals surface area (Å²) >= 11 is 6.06. The number of nitrogens with one attached hydrogen (secondary N) is 1. The molecule has 0 aliphatic carbocycles. The van der Waals surface area contributed by atoms with Gasteiger partial charge in [-0.2, -0.15) is 0 Å². The first kappa shape index (κ1) is 13.5. The molecule has 1 heterocycles. The fraction of sp³-hybridized carbons (Fsp3) is 0.571. The summed E-state index contributed by atoms with van der Waals surface area (Å²) in [4.78, 5) is 2.09. The molecular formula is C14H21ClN2O. The van der Waals surface area contributed by atoms with Crippen LogP contribution in [0.25, 0.3) is 0 Å². The fourth-order valence-corrected chi connectivity index (χ4v) is 2.43.